The predicted molar refractivity (Wildman–Crippen MR) is 94.4 cm³/mol. The Morgan fingerprint density at radius 1 is 1.04 bits per heavy atom. The molecule has 0 atom stereocenters. The third-order valence-electron chi connectivity index (χ3n) is 5.04. The molecule has 8 nitrogen and oxygen atoms in total. The number of nitrogens with one attached hydrogen (secondary N) is 1. The first-order valence-electron chi connectivity index (χ1n) is 9.01. The highest BCUT2D eigenvalue weighted by molar-refractivity contribution is 6.39. The lowest BCUT2D eigenvalue weighted by molar-refractivity contribution is -0.143. The molecular formula is C18H22N6O2. The monoisotopic (exact) mass is 354 g/mol. The molecule has 2 aromatic heterocycles. The van der Waals surface area contributed by atoms with Gasteiger partial charge < -0.3 is 10.2 Å². The number of aryl methyl sites for hydroxylation is 1. The number of likely N-dealkylation sites (tertiary alicyclic amines) is 1. The Labute approximate surface area is 151 Å². The summed E-state index contributed by atoms with van der Waals surface area (Å²) in [5.41, 5.74) is 1.65. The van der Waals surface area contributed by atoms with Gasteiger partial charge in [0.25, 0.3) is 0 Å². The molecule has 26 heavy (non-hydrogen) atoms. The maximum absolute atomic E-state index is 12.4. The second kappa shape index (κ2) is 6.86. The zero-order valence-corrected chi connectivity index (χ0v) is 14.8. The van der Waals surface area contributed by atoms with Gasteiger partial charge in [0.15, 0.2) is 0 Å². The number of carbonyl (C=O) groups is 2. The van der Waals surface area contributed by atoms with Crippen LogP contribution in [0.5, 0.6) is 0 Å². The molecular weight excluding hydrogens is 332 g/mol. The van der Waals surface area contributed by atoms with Gasteiger partial charge in [0.2, 0.25) is 0 Å². The van der Waals surface area contributed by atoms with Crippen LogP contribution in [0.1, 0.15) is 48.9 Å². The van der Waals surface area contributed by atoms with Crippen molar-refractivity contribution in [3.8, 4) is 0 Å². The molecule has 1 aliphatic carbocycles. The summed E-state index contributed by atoms with van der Waals surface area (Å²) in [4.78, 5) is 34.7. The lowest BCUT2D eigenvalue weighted by Crippen LogP contribution is -2.43. The molecule has 2 fully saturated rings. The van der Waals surface area contributed by atoms with Gasteiger partial charge in [-0.05, 0) is 37.2 Å². The van der Waals surface area contributed by atoms with Gasteiger partial charge in [0, 0.05) is 32.3 Å². The van der Waals surface area contributed by atoms with Crippen molar-refractivity contribution in [2.75, 3.05) is 18.4 Å². The first-order chi connectivity index (χ1) is 12.6. The summed E-state index contributed by atoms with van der Waals surface area (Å²) in [7, 11) is 1.90. The minimum Gasteiger partial charge on any atom is -0.334 e. The molecule has 0 unspecified atom stereocenters. The molecule has 2 aliphatic rings. The fourth-order valence-electron chi connectivity index (χ4n) is 3.35. The standard InChI is InChI=1S/C18H22N6O2/c1-23-11-14(8-21-23)12-4-6-24(7-5-12)18(26)17(25)22-15-9-19-16(20-10-15)13-2-3-13/h8-13H,2-7H2,1H3,(H,22,25). The molecule has 0 radical (unpaired) electrons. The topological polar surface area (TPSA) is 93.0 Å². The molecule has 0 aromatic carbocycles. The van der Waals surface area contributed by atoms with Crippen LogP contribution < -0.4 is 5.32 Å². The van der Waals surface area contributed by atoms with Crippen LogP contribution in [0.3, 0.4) is 0 Å². The van der Waals surface area contributed by atoms with Gasteiger partial charge in [-0.25, -0.2) is 9.97 Å². The third kappa shape index (κ3) is 3.58. The van der Waals surface area contributed by atoms with Gasteiger partial charge in [0.05, 0.1) is 24.3 Å². The highest BCUT2D eigenvalue weighted by Crippen LogP contribution is 2.37. The van der Waals surface area contributed by atoms with E-state index in [9.17, 15) is 9.59 Å². The van der Waals surface area contributed by atoms with E-state index in [2.05, 4.69) is 20.4 Å². The van der Waals surface area contributed by atoms with Crippen LogP contribution in [-0.2, 0) is 16.6 Å². The average Bonchev–Trinajstić information content (AvgIpc) is 3.42. The predicted octanol–water partition coefficient (Wildman–Crippen LogP) is 1.43. The van der Waals surface area contributed by atoms with Crippen molar-refractivity contribution in [2.45, 2.75) is 37.5 Å². The maximum atomic E-state index is 12.4. The van der Waals surface area contributed by atoms with Crippen molar-refractivity contribution in [1.82, 2.24) is 24.6 Å². The first kappa shape index (κ1) is 16.7. The Hall–Kier alpha value is -2.77. The molecule has 136 valence electrons. The summed E-state index contributed by atoms with van der Waals surface area (Å²) in [6, 6.07) is 0. The zero-order chi connectivity index (χ0) is 18.1. The molecule has 2 amide bonds. The van der Waals surface area contributed by atoms with Crippen LogP contribution >= 0.6 is 0 Å². The summed E-state index contributed by atoms with van der Waals surface area (Å²) in [5, 5.41) is 6.81. The second-order valence-corrected chi connectivity index (χ2v) is 7.07. The van der Waals surface area contributed by atoms with Crippen LogP contribution in [0.2, 0.25) is 0 Å². The molecule has 8 heteroatoms. The zero-order valence-electron chi connectivity index (χ0n) is 14.8. The lowest BCUT2D eigenvalue weighted by Gasteiger charge is -2.31. The van der Waals surface area contributed by atoms with Crippen LogP contribution in [0.15, 0.2) is 24.8 Å². The average molecular weight is 354 g/mol. The normalized spacial score (nSPS) is 18.0. The summed E-state index contributed by atoms with van der Waals surface area (Å²) in [6.07, 6.45) is 11.0. The van der Waals surface area contributed by atoms with E-state index in [0.717, 1.165) is 31.5 Å². The van der Waals surface area contributed by atoms with Gasteiger partial charge in [0.1, 0.15) is 5.82 Å². The second-order valence-electron chi connectivity index (χ2n) is 7.07. The summed E-state index contributed by atoms with van der Waals surface area (Å²) in [6.45, 7) is 1.14. The number of nitrogens with zero attached hydrogens (tertiary/aromatic N) is 5. The third-order valence-corrected chi connectivity index (χ3v) is 5.04. The minimum atomic E-state index is -0.632. The van der Waals surface area contributed by atoms with Gasteiger partial charge in [-0.1, -0.05) is 0 Å². The van der Waals surface area contributed by atoms with Crippen LogP contribution in [-0.4, -0.2) is 49.6 Å². The van der Waals surface area contributed by atoms with E-state index in [1.54, 1.807) is 22.0 Å². The molecule has 1 saturated heterocycles. The highest BCUT2D eigenvalue weighted by atomic mass is 16.2. The van der Waals surface area contributed by atoms with E-state index in [0.29, 0.717) is 30.6 Å². The summed E-state index contributed by atoms with van der Waals surface area (Å²) < 4.78 is 1.79. The maximum Gasteiger partial charge on any atom is 0.313 e. The Kier molecular flexibility index (Phi) is 4.40. The quantitative estimate of drug-likeness (QED) is 0.842. The van der Waals surface area contributed by atoms with Crippen molar-refractivity contribution < 1.29 is 9.59 Å². The number of amides is 2. The molecule has 1 aliphatic heterocycles. The number of carbonyl (C=O) groups excluding carboxylic acids is 2. The van der Waals surface area contributed by atoms with Crippen molar-refractivity contribution in [1.29, 1.82) is 0 Å². The Balaban J connectivity index is 1.30. The van der Waals surface area contributed by atoms with Gasteiger partial charge in [-0.2, -0.15) is 5.10 Å². The molecule has 0 bridgehead atoms. The molecule has 0 spiro atoms. The van der Waals surface area contributed by atoms with Crippen LogP contribution in [0, 0.1) is 0 Å². The number of piperidine rings is 1. The van der Waals surface area contributed by atoms with E-state index >= 15 is 0 Å². The first-order valence-corrected chi connectivity index (χ1v) is 9.01. The molecule has 3 heterocycles. The lowest BCUT2D eigenvalue weighted by atomic mass is 9.91. The Morgan fingerprint density at radius 2 is 1.73 bits per heavy atom. The fraction of sp³-hybridized carbons (Fsp3) is 0.500. The van der Waals surface area contributed by atoms with Crippen molar-refractivity contribution in [3.63, 3.8) is 0 Å². The van der Waals surface area contributed by atoms with E-state index in [1.165, 1.54) is 5.56 Å². The van der Waals surface area contributed by atoms with Crippen LogP contribution in [0.25, 0.3) is 0 Å². The SMILES string of the molecule is Cn1cc(C2CCN(C(=O)C(=O)Nc3cnc(C4CC4)nc3)CC2)cn1. The fourth-order valence-corrected chi connectivity index (χ4v) is 3.35. The number of hydrogen-bond acceptors (Lipinski definition) is 5. The molecule has 4 rings (SSSR count). The van der Waals surface area contributed by atoms with E-state index in [1.807, 2.05) is 19.4 Å². The highest BCUT2D eigenvalue weighted by Gasteiger charge is 2.29. The summed E-state index contributed by atoms with van der Waals surface area (Å²) in [5.74, 6) is 0.530. The van der Waals surface area contributed by atoms with E-state index < -0.39 is 11.8 Å². The van der Waals surface area contributed by atoms with Crippen molar-refractivity contribution >= 4 is 17.5 Å². The molecule has 1 N–H and O–H groups in total. The van der Waals surface area contributed by atoms with Gasteiger partial charge >= 0.3 is 11.8 Å². The Morgan fingerprint density at radius 3 is 2.31 bits per heavy atom. The van der Waals surface area contributed by atoms with Crippen LogP contribution in [0.4, 0.5) is 5.69 Å². The largest absolute Gasteiger partial charge is 0.334 e. The number of rotatable bonds is 3. The van der Waals surface area contributed by atoms with E-state index in [4.69, 9.17) is 0 Å². The number of anilines is 1. The van der Waals surface area contributed by atoms with Gasteiger partial charge in [-0.15, -0.1) is 0 Å². The van der Waals surface area contributed by atoms with Gasteiger partial charge in [-0.3, -0.25) is 14.3 Å². The molecule has 2 aromatic rings. The van der Waals surface area contributed by atoms with Crippen molar-refractivity contribution in [3.05, 3.63) is 36.2 Å². The van der Waals surface area contributed by atoms with Crippen molar-refractivity contribution in [2.24, 2.45) is 7.05 Å². The smallest absolute Gasteiger partial charge is 0.313 e. The number of hydrogen-bond donors (Lipinski definition) is 1. The molecule has 1 saturated carbocycles. The number of aromatic nitrogens is 4. The summed E-state index contributed by atoms with van der Waals surface area (Å²) >= 11 is 0. The Bertz CT molecular complexity index is 803. The van der Waals surface area contributed by atoms with E-state index in [-0.39, 0.29) is 0 Å². The minimum absolute atomic E-state index is 0.388.